The predicted octanol–water partition coefficient (Wildman–Crippen LogP) is 0.302. The van der Waals surface area contributed by atoms with Gasteiger partial charge in [-0.2, -0.15) is 4.31 Å². The molecular formula is C10H12F2N2O3S. The van der Waals surface area contributed by atoms with Gasteiger partial charge in [-0.05, 0) is 12.5 Å². The first-order valence-electron chi connectivity index (χ1n) is 5.25. The quantitative estimate of drug-likeness (QED) is 0.762. The van der Waals surface area contributed by atoms with Crippen LogP contribution < -0.4 is 5.73 Å². The third-order valence-corrected chi connectivity index (χ3v) is 4.68. The normalized spacial score (nSPS) is 21.4. The smallest absolute Gasteiger partial charge is 0.246 e. The zero-order valence-electron chi connectivity index (χ0n) is 9.31. The van der Waals surface area contributed by atoms with Gasteiger partial charge in [0.2, 0.25) is 10.0 Å². The summed E-state index contributed by atoms with van der Waals surface area (Å²) in [6.45, 7) is -0.000719. The van der Waals surface area contributed by atoms with E-state index in [2.05, 4.69) is 0 Å². The molecule has 100 valence electrons. The lowest BCUT2D eigenvalue weighted by atomic mass is 10.3. The molecule has 18 heavy (non-hydrogen) atoms. The topological polar surface area (TPSA) is 83.6 Å². The summed E-state index contributed by atoms with van der Waals surface area (Å²) in [5.41, 5.74) is 4.80. The van der Waals surface area contributed by atoms with Crippen molar-refractivity contribution in [1.29, 1.82) is 0 Å². The fourth-order valence-electron chi connectivity index (χ4n) is 1.81. The number of nitrogens with two attached hydrogens (primary N) is 1. The fraction of sp³-hybridized carbons (Fsp3) is 0.400. The lowest BCUT2D eigenvalue weighted by Gasteiger charge is -2.16. The van der Waals surface area contributed by atoms with Gasteiger partial charge < -0.3 is 10.8 Å². The van der Waals surface area contributed by atoms with E-state index in [1.54, 1.807) is 0 Å². The Hall–Kier alpha value is -1.25. The van der Waals surface area contributed by atoms with Crippen LogP contribution in [0, 0.1) is 11.6 Å². The average Bonchev–Trinajstić information content (AvgIpc) is 2.70. The Kier molecular flexibility index (Phi) is 3.26. The van der Waals surface area contributed by atoms with E-state index in [1.165, 1.54) is 0 Å². The molecule has 0 spiro atoms. The number of aliphatic hydroxyl groups excluding tert-OH is 1. The Morgan fingerprint density at radius 2 is 2.00 bits per heavy atom. The van der Waals surface area contributed by atoms with Crippen molar-refractivity contribution in [3.63, 3.8) is 0 Å². The van der Waals surface area contributed by atoms with Crippen molar-refractivity contribution >= 4 is 15.7 Å². The van der Waals surface area contributed by atoms with E-state index >= 15 is 0 Å². The van der Waals surface area contributed by atoms with E-state index in [4.69, 9.17) is 5.73 Å². The lowest BCUT2D eigenvalue weighted by molar-refractivity contribution is 0.189. The van der Waals surface area contributed by atoms with Crippen molar-refractivity contribution < 1.29 is 22.3 Å². The highest BCUT2D eigenvalue weighted by Crippen LogP contribution is 2.26. The van der Waals surface area contributed by atoms with Crippen molar-refractivity contribution in [2.24, 2.45) is 0 Å². The molecule has 1 atom stereocenters. The molecule has 1 aliphatic heterocycles. The first-order valence-corrected chi connectivity index (χ1v) is 6.69. The molecule has 2 rings (SSSR count). The van der Waals surface area contributed by atoms with Crippen LogP contribution in [0.1, 0.15) is 6.42 Å². The standard InChI is InChI=1S/C10H12F2N2O3S/c11-7-3-8(12)10(4-9(7)13)18(16,17)14-2-1-6(15)5-14/h3-4,6,15H,1-2,5,13H2. The van der Waals surface area contributed by atoms with Gasteiger partial charge >= 0.3 is 0 Å². The summed E-state index contributed by atoms with van der Waals surface area (Å²) in [6.07, 6.45) is -0.474. The van der Waals surface area contributed by atoms with Gasteiger partial charge in [-0.25, -0.2) is 17.2 Å². The molecule has 1 saturated heterocycles. The van der Waals surface area contributed by atoms with Gasteiger partial charge in [0.05, 0.1) is 11.8 Å². The van der Waals surface area contributed by atoms with Gasteiger partial charge in [-0.3, -0.25) is 0 Å². The lowest BCUT2D eigenvalue weighted by Crippen LogP contribution is -2.30. The van der Waals surface area contributed by atoms with Crippen molar-refractivity contribution in [1.82, 2.24) is 4.31 Å². The molecule has 8 heteroatoms. The first-order chi connectivity index (χ1) is 8.32. The number of hydrogen-bond donors (Lipinski definition) is 2. The van der Waals surface area contributed by atoms with Crippen molar-refractivity contribution in [3.05, 3.63) is 23.8 Å². The minimum Gasteiger partial charge on any atom is -0.396 e. The van der Waals surface area contributed by atoms with Crippen LogP contribution in [0.15, 0.2) is 17.0 Å². The molecule has 1 heterocycles. The summed E-state index contributed by atoms with van der Waals surface area (Å²) in [4.78, 5) is -0.671. The van der Waals surface area contributed by atoms with Gasteiger partial charge in [0, 0.05) is 19.2 Å². The number of nitrogen functional groups attached to an aromatic ring is 1. The summed E-state index contributed by atoms with van der Waals surface area (Å²) in [6, 6.07) is 1.19. The first kappa shape index (κ1) is 13.2. The van der Waals surface area contributed by atoms with Crippen LogP contribution in [0.5, 0.6) is 0 Å². The van der Waals surface area contributed by atoms with E-state index in [0.717, 1.165) is 10.4 Å². The molecule has 0 radical (unpaired) electrons. The molecule has 1 aliphatic rings. The van der Waals surface area contributed by atoms with Crippen LogP contribution in [0.3, 0.4) is 0 Å². The maximum atomic E-state index is 13.5. The highest BCUT2D eigenvalue weighted by atomic mass is 32.2. The SMILES string of the molecule is Nc1cc(S(=O)(=O)N2CCC(O)C2)c(F)cc1F. The fourth-order valence-corrected chi connectivity index (χ4v) is 3.38. The summed E-state index contributed by atoms with van der Waals surface area (Å²) >= 11 is 0. The maximum Gasteiger partial charge on any atom is 0.246 e. The molecule has 1 aromatic carbocycles. The van der Waals surface area contributed by atoms with Crippen LogP contribution in [0.25, 0.3) is 0 Å². The van der Waals surface area contributed by atoms with E-state index in [1.807, 2.05) is 0 Å². The van der Waals surface area contributed by atoms with Crippen LogP contribution in [-0.2, 0) is 10.0 Å². The highest BCUT2D eigenvalue weighted by Gasteiger charge is 2.33. The molecule has 0 aromatic heterocycles. The number of β-amino-alcohol motifs (C(OH)–C–C–N with tert-alkyl or cyclic N) is 1. The monoisotopic (exact) mass is 278 g/mol. The number of sulfonamides is 1. The Morgan fingerprint density at radius 3 is 2.56 bits per heavy atom. The zero-order chi connectivity index (χ0) is 13.5. The van der Waals surface area contributed by atoms with Gasteiger partial charge in [-0.1, -0.05) is 0 Å². The number of halogens is 2. The Morgan fingerprint density at radius 1 is 1.33 bits per heavy atom. The number of anilines is 1. The second-order valence-corrected chi connectivity index (χ2v) is 6.02. The Balaban J connectivity index is 2.45. The molecule has 0 saturated carbocycles. The second-order valence-electron chi connectivity index (χ2n) is 4.11. The minimum absolute atomic E-state index is 0.0974. The van der Waals surface area contributed by atoms with Crippen LogP contribution in [0.4, 0.5) is 14.5 Å². The summed E-state index contributed by atoms with van der Waals surface area (Å²) in [5.74, 6) is -2.20. The molecule has 0 aliphatic carbocycles. The molecule has 0 bridgehead atoms. The van der Waals surface area contributed by atoms with E-state index in [9.17, 15) is 22.3 Å². The van der Waals surface area contributed by atoms with Crippen LogP contribution in [-0.4, -0.2) is 37.0 Å². The van der Waals surface area contributed by atoms with Crippen LogP contribution >= 0.6 is 0 Å². The number of nitrogens with zero attached hydrogens (tertiary/aromatic N) is 1. The Bertz CT molecular complexity index is 577. The number of benzene rings is 1. The molecule has 1 unspecified atom stereocenters. The third kappa shape index (κ3) is 2.18. The van der Waals surface area contributed by atoms with E-state index < -0.39 is 38.3 Å². The summed E-state index contributed by atoms with van der Waals surface area (Å²) in [7, 11) is -4.09. The molecule has 1 aromatic rings. The predicted molar refractivity (Wildman–Crippen MR) is 60.2 cm³/mol. The van der Waals surface area contributed by atoms with Crippen molar-refractivity contribution in [3.8, 4) is 0 Å². The summed E-state index contributed by atoms with van der Waals surface area (Å²) in [5, 5.41) is 9.29. The molecule has 1 fully saturated rings. The van der Waals surface area contributed by atoms with Gasteiger partial charge in [0.1, 0.15) is 16.5 Å². The molecular weight excluding hydrogens is 266 g/mol. The van der Waals surface area contributed by atoms with Crippen molar-refractivity contribution in [2.75, 3.05) is 18.8 Å². The Labute approximate surface area is 103 Å². The third-order valence-electron chi connectivity index (χ3n) is 2.80. The maximum absolute atomic E-state index is 13.5. The van der Waals surface area contributed by atoms with Crippen molar-refractivity contribution in [2.45, 2.75) is 17.4 Å². The number of aliphatic hydroxyl groups is 1. The van der Waals surface area contributed by atoms with Gasteiger partial charge in [-0.15, -0.1) is 0 Å². The molecule has 3 N–H and O–H groups in total. The van der Waals surface area contributed by atoms with E-state index in [0.29, 0.717) is 6.07 Å². The highest BCUT2D eigenvalue weighted by molar-refractivity contribution is 7.89. The number of hydrogen-bond acceptors (Lipinski definition) is 4. The largest absolute Gasteiger partial charge is 0.396 e. The zero-order valence-corrected chi connectivity index (χ0v) is 10.1. The average molecular weight is 278 g/mol. The second kappa shape index (κ2) is 4.45. The van der Waals surface area contributed by atoms with Crippen LogP contribution in [0.2, 0.25) is 0 Å². The molecule has 0 amide bonds. The van der Waals surface area contributed by atoms with Gasteiger partial charge in [0.15, 0.2) is 0 Å². The van der Waals surface area contributed by atoms with Gasteiger partial charge in [0.25, 0.3) is 0 Å². The van der Waals surface area contributed by atoms with E-state index in [-0.39, 0.29) is 19.5 Å². The minimum atomic E-state index is -4.09. The number of rotatable bonds is 2. The summed E-state index contributed by atoms with van der Waals surface area (Å²) < 4.78 is 51.6. The molecule has 5 nitrogen and oxygen atoms in total.